The van der Waals surface area contributed by atoms with E-state index in [0.717, 1.165) is 10.3 Å². The third-order valence-electron chi connectivity index (χ3n) is 2.88. The summed E-state index contributed by atoms with van der Waals surface area (Å²) in [7, 11) is -2.31. The SMILES string of the molecule is COc1ccc(S(=O)(=O)n2cnc3c(Cl)ncnc32)cc1. The molecule has 0 radical (unpaired) electrons. The third-order valence-corrected chi connectivity index (χ3v) is 4.80. The molecule has 2 heterocycles. The maximum absolute atomic E-state index is 12.6. The Morgan fingerprint density at radius 3 is 2.52 bits per heavy atom. The lowest BCUT2D eigenvalue weighted by molar-refractivity contribution is 0.414. The quantitative estimate of drug-likeness (QED) is 0.682. The first-order valence-electron chi connectivity index (χ1n) is 5.77. The van der Waals surface area contributed by atoms with Gasteiger partial charge >= 0.3 is 0 Å². The van der Waals surface area contributed by atoms with Crippen LogP contribution in [0.2, 0.25) is 5.15 Å². The molecule has 0 saturated carbocycles. The van der Waals surface area contributed by atoms with E-state index < -0.39 is 10.0 Å². The molecule has 0 amide bonds. The number of ether oxygens (including phenoxy) is 1. The molecule has 0 spiro atoms. The van der Waals surface area contributed by atoms with Crippen LogP contribution in [0.25, 0.3) is 11.2 Å². The fourth-order valence-corrected chi connectivity index (χ4v) is 3.24. The number of benzene rings is 1. The predicted octanol–water partition coefficient (Wildman–Crippen LogP) is 1.73. The Hall–Kier alpha value is -2.19. The van der Waals surface area contributed by atoms with Crippen LogP contribution in [0.1, 0.15) is 0 Å². The molecule has 21 heavy (non-hydrogen) atoms. The number of aromatic nitrogens is 4. The van der Waals surface area contributed by atoms with E-state index in [1.54, 1.807) is 12.1 Å². The Morgan fingerprint density at radius 1 is 1.14 bits per heavy atom. The molecule has 0 aliphatic rings. The number of nitrogens with zero attached hydrogens (tertiary/aromatic N) is 4. The molecule has 3 rings (SSSR count). The maximum atomic E-state index is 12.6. The number of hydrogen-bond acceptors (Lipinski definition) is 6. The summed E-state index contributed by atoms with van der Waals surface area (Å²) in [5, 5.41) is 0.101. The number of hydrogen-bond donors (Lipinski definition) is 0. The summed E-state index contributed by atoms with van der Waals surface area (Å²) in [6.45, 7) is 0. The van der Waals surface area contributed by atoms with Crippen molar-refractivity contribution in [2.75, 3.05) is 7.11 Å². The van der Waals surface area contributed by atoms with E-state index in [1.807, 2.05) is 0 Å². The van der Waals surface area contributed by atoms with Crippen LogP contribution >= 0.6 is 11.6 Å². The molecule has 0 fully saturated rings. The second kappa shape index (κ2) is 4.97. The first-order valence-corrected chi connectivity index (χ1v) is 7.59. The van der Waals surface area contributed by atoms with Gasteiger partial charge in [0.05, 0.1) is 12.0 Å². The number of fused-ring (bicyclic) bond motifs is 1. The zero-order valence-corrected chi connectivity index (χ0v) is 12.3. The standard InChI is InChI=1S/C12H9ClN4O3S/c1-20-8-2-4-9(5-3-8)21(18,19)17-7-16-10-11(13)14-6-15-12(10)17/h2-7H,1H3. The van der Waals surface area contributed by atoms with E-state index in [9.17, 15) is 8.42 Å². The van der Waals surface area contributed by atoms with Gasteiger partial charge in [0.25, 0.3) is 10.0 Å². The summed E-state index contributed by atoms with van der Waals surface area (Å²) in [6, 6.07) is 6.02. The monoisotopic (exact) mass is 324 g/mol. The van der Waals surface area contributed by atoms with Gasteiger partial charge in [0, 0.05) is 0 Å². The van der Waals surface area contributed by atoms with Gasteiger partial charge in [0.2, 0.25) is 0 Å². The molecular weight excluding hydrogens is 316 g/mol. The van der Waals surface area contributed by atoms with Crippen LogP contribution in [0.4, 0.5) is 0 Å². The fraction of sp³-hybridized carbons (Fsp3) is 0.0833. The minimum Gasteiger partial charge on any atom is -0.497 e. The van der Waals surface area contributed by atoms with Crippen molar-refractivity contribution in [1.29, 1.82) is 0 Å². The molecular formula is C12H9ClN4O3S. The van der Waals surface area contributed by atoms with Gasteiger partial charge < -0.3 is 4.74 Å². The second-order valence-electron chi connectivity index (χ2n) is 4.06. The van der Waals surface area contributed by atoms with Crippen LogP contribution in [0, 0.1) is 0 Å². The van der Waals surface area contributed by atoms with Gasteiger partial charge in [-0.1, -0.05) is 11.6 Å². The van der Waals surface area contributed by atoms with Gasteiger partial charge in [0.15, 0.2) is 10.8 Å². The van der Waals surface area contributed by atoms with Crippen LogP contribution in [0.15, 0.2) is 41.8 Å². The van der Waals surface area contributed by atoms with Crippen LogP contribution in [0.3, 0.4) is 0 Å². The molecule has 0 aliphatic carbocycles. The van der Waals surface area contributed by atoms with Crippen molar-refractivity contribution in [1.82, 2.24) is 18.9 Å². The lowest BCUT2D eigenvalue weighted by Crippen LogP contribution is -2.12. The predicted molar refractivity (Wildman–Crippen MR) is 75.9 cm³/mol. The molecule has 0 bridgehead atoms. The van der Waals surface area contributed by atoms with Crippen molar-refractivity contribution in [3.05, 3.63) is 42.1 Å². The lowest BCUT2D eigenvalue weighted by atomic mass is 10.3. The topological polar surface area (TPSA) is 87.0 Å². The van der Waals surface area contributed by atoms with Gasteiger partial charge in [-0.25, -0.2) is 27.3 Å². The first kappa shape index (κ1) is 13.8. The number of methoxy groups -OCH3 is 1. The molecule has 108 valence electrons. The van der Waals surface area contributed by atoms with E-state index in [2.05, 4.69) is 15.0 Å². The first-order chi connectivity index (χ1) is 10.0. The molecule has 9 heteroatoms. The van der Waals surface area contributed by atoms with E-state index in [1.165, 1.54) is 25.6 Å². The highest BCUT2D eigenvalue weighted by molar-refractivity contribution is 7.90. The third kappa shape index (κ3) is 2.22. The van der Waals surface area contributed by atoms with Crippen LogP contribution in [0.5, 0.6) is 5.75 Å². The molecule has 0 saturated heterocycles. The van der Waals surface area contributed by atoms with Crippen LogP contribution in [-0.4, -0.2) is 34.5 Å². The van der Waals surface area contributed by atoms with Crippen molar-refractivity contribution >= 4 is 32.8 Å². The van der Waals surface area contributed by atoms with E-state index in [4.69, 9.17) is 16.3 Å². The van der Waals surface area contributed by atoms with Gasteiger partial charge in [-0.3, -0.25) is 0 Å². The summed E-state index contributed by atoms with van der Waals surface area (Å²) in [6.07, 6.45) is 2.34. The molecule has 0 N–H and O–H groups in total. The summed E-state index contributed by atoms with van der Waals surface area (Å²) < 4.78 is 31.2. The average Bonchev–Trinajstić information content (AvgIpc) is 2.93. The largest absolute Gasteiger partial charge is 0.497 e. The Kier molecular flexibility index (Phi) is 3.26. The van der Waals surface area contributed by atoms with Gasteiger partial charge in [0.1, 0.15) is 23.9 Å². The molecule has 2 aromatic heterocycles. The normalized spacial score (nSPS) is 11.7. The zero-order chi connectivity index (χ0) is 15.0. The van der Waals surface area contributed by atoms with E-state index in [0.29, 0.717) is 5.75 Å². The number of rotatable bonds is 3. The highest BCUT2D eigenvalue weighted by Gasteiger charge is 2.21. The summed E-state index contributed by atoms with van der Waals surface area (Å²) in [5.41, 5.74) is 0.363. The van der Waals surface area contributed by atoms with E-state index >= 15 is 0 Å². The maximum Gasteiger partial charge on any atom is 0.270 e. The average molecular weight is 325 g/mol. The number of imidazole rings is 1. The van der Waals surface area contributed by atoms with E-state index in [-0.39, 0.29) is 21.2 Å². The molecule has 0 atom stereocenters. The minimum absolute atomic E-state index is 0.0948. The number of halogens is 1. The Bertz CT molecular complexity index is 906. The molecule has 3 aromatic rings. The van der Waals surface area contributed by atoms with Crippen molar-refractivity contribution in [2.24, 2.45) is 0 Å². The van der Waals surface area contributed by atoms with Crippen molar-refractivity contribution in [2.45, 2.75) is 4.90 Å². The van der Waals surface area contributed by atoms with Crippen LogP contribution < -0.4 is 4.74 Å². The zero-order valence-electron chi connectivity index (χ0n) is 10.8. The Balaban J connectivity index is 2.18. The smallest absolute Gasteiger partial charge is 0.270 e. The minimum atomic E-state index is -3.81. The summed E-state index contributed by atoms with van der Waals surface area (Å²) in [4.78, 5) is 11.7. The van der Waals surface area contributed by atoms with Crippen molar-refractivity contribution in [3.63, 3.8) is 0 Å². The summed E-state index contributed by atoms with van der Waals surface area (Å²) in [5.74, 6) is 0.565. The van der Waals surface area contributed by atoms with Gasteiger partial charge in [-0.05, 0) is 24.3 Å². The molecule has 1 aromatic carbocycles. The Labute approximate surface area is 125 Å². The molecule has 0 unspecified atom stereocenters. The molecule has 7 nitrogen and oxygen atoms in total. The second-order valence-corrected chi connectivity index (χ2v) is 6.23. The summed E-state index contributed by atoms with van der Waals surface area (Å²) >= 11 is 5.87. The highest BCUT2D eigenvalue weighted by Crippen LogP contribution is 2.23. The lowest BCUT2D eigenvalue weighted by Gasteiger charge is -2.06. The fourth-order valence-electron chi connectivity index (χ4n) is 1.82. The van der Waals surface area contributed by atoms with Crippen molar-refractivity contribution < 1.29 is 13.2 Å². The van der Waals surface area contributed by atoms with Gasteiger partial charge in [-0.2, -0.15) is 0 Å². The van der Waals surface area contributed by atoms with Crippen LogP contribution in [-0.2, 0) is 10.0 Å². The van der Waals surface area contributed by atoms with Crippen molar-refractivity contribution in [3.8, 4) is 5.75 Å². The van der Waals surface area contributed by atoms with Gasteiger partial charge in [-0.15, -0.1) is 0 Å². The Morgan fingerprint density at radius 2 is 1.86 bits per heavy atom. The highest BCUT2D eigenvalue weighted by atomic mass is 35.5. The molecule has 0 aliphatic heterocycles.